The van der Waals surface area contributed by atoms with Crippen LogP contribution in [0.1, 0.15) is 6.42 Å². The molecular formula is C6H9NO. The minimum absolute atomic E-state index is 0.208. The molecule has 1 N–H and O–H groups in total. The number of hydrogen-bond donors (Lipinski definition) is 1. The smallest absolute Gasteiger partial charge is 0.137 e. The lowest BCUT2D eigenvalue weighted by Crippen LogP contribution is -2.27. The first-order valence-corrected chi connectivity index (χ1v) is 3.10. The van der Waals surface area contributed by atoms with Crippen molar-refractivity contribution in [1.82, 2.24) is 5.32 Å². The van der Waals surface area contributed by atoms with Gasteiger partial charge in [-0.1, -0.05) is 0 Å². The van der Waals surface area contributed by atoms with E-state index in [2.05, 4.69) is 5.32 Å². The van der Waals surface area contributed by atoms with Gasteiger partial charge in [0, 0.05) is 0 Å². The summed E-state index contributed by atoms with van der Waals surface area (Å²) in [6.45, 7) is 1.08. The largest absolute Gasteiger partial charge is 0.307 e. The van der Waals surface area contributed by atoms with E-state index in [1.165, 1.54) is 6.42 Å². The highest BCUT2D eigenvalue weighted by molar-refractivity contribution is 5.60. The van der Waals surface area contributed by atoms with Crippen LogP contribution in [0.15, 0.2) is 0 Å². The first-order valence-electron chi connectivity index (χ1n) is 3.10. The first-order chi connectivity index (χ1) is 3.92. The van der Waals surface area contributed by atoms with Crippen molar-refractivity contribution < 1.29 is 4.79 Å². The molecule has 0 aromatic rings. The molecule has 0 aromatic carbocycles. The van der Waals surface area contributed by atoms with Crippen LogP contribution < -0.4 is 5.32 Å². The summed E-state index contributed by atoms with van der Waals surface area (Å²) < 4.78 is 0. The summed E-state index contributed by atoms with van der Waals surface area (Å²) >= 11 is 0. The van der Waals surface area contributed by atoms with Gasteiger partial charge in [0.2, 0.25) is 0 Å². The number of carbonyl (C=O) groups excluding carboxylic acids is 1. The van der Waals surface area contributed by atoms with Crippen LogP contribution in [-0.4, -0.2) is 18.9 Å². The summed E-state index contributed by atoms with van der Waals surface area (Å²) in [5.74, 6) is 1.57. The third kappa shape index (κ3) is 0.436. The summed E-state index contributed by atoms with van der Waals surface area (Å²) in [7, 11) is 0. The minimum atomic E-state index is 0.208. The Kier molecular flexibility index (Phi) is 0.742. The van der Waals surface area contributed by atoms with Gasteiger partial charge in [-0.3, -0.25) is 0 Å². The second kappa shape index (κ2) is 1.32. The van der Waals surface area contributed by atoms with Crippen molar-refractivity contribution in [2.24, 2.45) is 11.8 Å². The van der Waals surface area contributed by atoms with E-state index in [9.17, 15) is 4.79 Å². The van der Waals surface area contributed by atoms with E-state index >= 15 is 0 Å². The zero-order valence-electron chi connectivity index (χ0n) is 4.63. The van der Waals surface area contributed by atoms with E-state index in [1.54, 1.807) is 0 Å². The molecule has 2 fully saturated rings. The summed E-state index contributed by atoms with van der Waals surface area (Å²) in [4.78, 5) is 10.2. The normalized spacial score (nSPS) is 50.8. The molecule has 1 saturated heterocycles. The maximum absolute atomic E-state index is 10.2. The van der Waals surface area contributed by atoms with Crippen LogP contribution in [0.5, 0.6) is 0 Å². The maximum atomic E-state index is 10.2. The molecule has 0 bridgehead atoms. The van der Waals surface area contributed by atoms with Gasteiger partial charge >= 0.3 is 0 Å². The standard InChI is InChI=1S/C6H9NO/c8-3-6-5-1-4(5)2-7-6/h3-7H,1-2H2/t4?,5?,6-/m0/s1. The van der Waals surface area contributed by atoms with Crippen LogP contribution >= 0.6 is 0 Å². The number of piperidine rings is 1. The van der Waals surface area contributed by atoms with Crippen molar-refractivity contribution in [2.75, 3.05) is 6.54 Å². The number of fused-ring (bicyclic) bond motifs is 1. The van der Waals surface area contributed by atoms with Crippen molar-refractivity contribution in [2.45, 2.75) is 12.5 Å². The van der Waals surface area contributed by atoms with Crippen LogP contribution in [0.2, 0.25) is 0 Å². The third-order valence-corrected chi connectivity index (χ3v) is 2.20. The average Bonchev–Trinajstić information content (AvgIpc) is 2.46. The van der Waals surface area contributed by atoms with Gasteiger partial charge in [0.25, 0.3) is 0 Å². The number of hydrogen-bond acceptors (Lipinski definition) is 2. The fourth-order valence-electron chi connectivity index (χ4n) is 1.53. The Labute approximate surface area is 48.3 Å². The van der Waals surface area contributed by atoms with Crippen molar-refractivity contribution in [1.29, 1.82) is 0 Å². The summed E-state index contributed by atoms with van der Waals surface area (Å²) in [6, 6.07) is 0.208. The number of nitrogens with one attached hydrogen (secondary N) is 1. The number of rotatable bonds is 1. The van der Waals surface area contributed by atoms with Crippen molar-refractivity contribution >= 4 is 6.29 Å². The fourth-order valence-corrected chi connectivity index (χ4v) is 1.53. The lowest BCUT2D eigenvalue weighted by Gasteiger charge is -2.00. The predicted octanol–water partition coefficient (Wildman–Crippen LogP) is -0.207. The molecular weight excluding hydrogens is 102 g/mol. The average molecular weight is 111 g/mol. The monoisotopic (exact) mass is 111 g/mol. The van der Waals surface area contributed by atoms with Gasteiger partial charge in [-0.2, -0.15) is 0 Å². The van der Waals surface area contributed by atoms with E-state index < -0.39 is 0 Å². The molecule has 0 aromatic heterocycles. The van der Waals surface area contributed by atoms with E-state index in [-0.39, 0.29) is 6.04 Å². The maximum Gasteiger partial charge on any atom is 0.137 e. The highest BCUT2D eigenvalue weighted by atomic mass is 16.1. The molecule has 1 aliphatic heterocycles. The van der Waals surface area contributed by atoms with Crippen molar-refractivity contribution in [3.05, 3.63) is 0 Å². The molecule has 1 saturated carbocycles. The zero-order valence-corrected chi connectivity index (χ0v) is 4.63. The summed E-state index contributed by atoms with van der Waals surface area (Å²) in [5, 5.41) is 3.14. The molecule has 8 heavy (non-hydrogen) atoms. The molecule has 44 valence electrons. The lowest BCUT2D eigenvalue weighted by molar-refractivity contribution is -0.109. The molecule has 0 amide bonds. The highest BCUT2D eigenvalue weighted by Gasteiger charge is 2.47. The summed E-state index contributed by atoms with van der Waals surface area (Å²) in [5.41, 5.74) is 0. The second-order valence-electron chi connectivity index (χ2n) is 2.73. The van der Waals surface area contributed by atoms with Crippen molar-refractivity contribution in [3.8, 4) is 0 Å². The molecule has 2 aliphatic rings. The van der Waals surface area contributed by atoms with Gasteiger partial charge in [-0.15, -0.1) is 0 Å². The van der Waals surface area contributed by atoms with E-state index in [0.29, 0.717) is 5.92 Å². The van der Waals surface area contributed by atoms with E-state index in [1.807, 2.05) is 0 Å². The lowest BCUT2D eigenvalue weighted by atomic mass is 10.2. The van der Waals surface area contributed by atoms with Crippen LogP contribution in [-0.2, 0) is 4.79 Å². The Morgan fingerprint density at radius 3 is 2.75 bits per heavy atom. The van der Waals surface area contributed by atoms with Crippen LogP contribution in [0.25, 0.3) is 0 Å². The minimum Gasteiger partial charge on any atom is -0.307 e. The third-order valence-electron chi connectivity index (χ3n) is 2.20. The van der Waals surface area contributed by atoms with Gasteiger partial charge < -0.3 is 10.1 Å². The van der Waals surface area contributed by atoms with Crippen molar-refractivity contribution in [3.63, 3.8) is 0 Å². The molecule has 2 heteroatoms. The Hall–Kier alpha value is -0.370. The zero-order chi connectivity index (χ0) is 5.56. The quantitative estimate of drug-likeness (QED) is 0.474. The molecule has 3 atom stereocenters. The predicted molar refractivity (Wildman–Crippen MR) is 29.5 cm³/mol. The van der Waals surface area contributed by atoms with Gasteiger partial charge in [-0.25, -0.2) is 0 Å². The van der Waals surface area contributed by atoms with Gasteiger partial charge in [0.1, 0.15) is 6.29 Å². The second-order valence-corrected chi connectivity index (χ2v) is 2.73. The molecule has 1 heterocycles. The topological polar surface area (TPSA) is 29.1 Å². The number of carbonyl (C=O) groups is 1. The van der Waals surface area contributed by atoms with Crippen LogP contribution in [0.4, 0.5) is 0 Å². The van der Waals surface area contributed by atoms with Gasteiger partial charge in [-0.05, 0) is 24.8 Å². The Morgan fingerprint density at radius 2 is 2.50 bits per heavy atom. The van der Waals surface area contributed by atoms with E-state index in [0.717, 1.165) is 18.7 Å². The van der Waals surface area contributed by atoms with E-state index in [4.69, 9.17) is 0 Å². The first kappa shape index (κ1) is 4.50. The molecule has 1 aliphatic carbocycles. The molecule has 0 radical (unpaired) electrons. The fraction of sp³-hybridized carbons (Fsp3) is 0.833. The van der Waals surface area contributed by atoms with Crippen LogP contribution in [0.3, 0.4) is 0 Å². The molecule has 0 spiro atoms. The molecule has 2 rings (SSSR count). The van der Waals surface area contributed by atoms with Gasteiger partial charge in [0.05, 0.1) is 6.04 Å². The Bertz CT molecular complexity index is 124. The molecule has 2 unspecified atom stereocenters. The highest BCUT2D eigenvalue weighted by Crippen LogP contribution is 2.44. The SMILES string of the molecule is O=C[C@@H]1NCC2CC21. The van der Waals surface area contributed by atoms with Gasteiger partial charge in [0.15, 0.2) is 0 Å². The number of aldehydes is 1. The van der Waals surface area contributed by atoms with Crippen LogP contribution in [0, 0.1) is 11.8 Å². The Balaban J connectivity index is 2.06. The Morgan fingerprint density at radius 1 is 1.62 bits per heavy atom. The summed E-state index contributed by atoms with van der Waals surface area (Å²) in [6.07, 6.45) is 2.33. The molecule has 2 nitrogen and oxygen atoms in total.